The maximum atomic E-state index is 11.7. The van der Waals surface area contributed by atoms with E-state index in [1.54, 1.807) is 0 Å². The van der Waals surface area contributed by atoms with Gasteiger partial charge in [0.2, 0.25) is 0 Å². The van der Waals surface area contributed by atoms with Crippen LogP contribution in [0.1, 0.15) is 37.0 Å². The molecule has 1 heterocycles. The van der Waals surface area contributed by atoms with Crippen molar-refractivity contribution in [2.75, 3.05) is 7.11 Å². The molecule has 1 rings (SSSR count). The number of aromatic nitrogens is 1. The van der Waals surface area contributed by atoms with Crippen LogP contribution in [0.15, 0.2) is 5.38 Å². The quantitative estimate of drug-likeness (QED) is 0.803. The number of hydrogen-bond acceptors (Lipinski definition) is 5. The fourth-order valence-electron chi connectivity index (χ4n) is 1.27. The Balaban J connectivity index is 2.83. The summed E-state index contributed by atoms with van der Waals surface area (Å²) in [4.78, 5) is 16.0. The smallest absolute Gasteiger partial charge is 0.330 e. The minimum atomic E-state index is -0.446. The highest BCUT2D eigenvalue weighted by molar-refractivity contribution is 7.09. The Hall–Kier alpha value is -0.940. The van der Waals surface area contributed by atoms with Gasteiger partial charge in [-0.1, -0.05) is 6.92 Å². The van der Waals surface area contributed by atoms with Gasteiger partial charge in [-0.25, -0.2) is 9.78 Å². The predicted molar refractivity (Wildman–Crippen MR) is 64.5 cm³/mol. The van der Waals surface area contributed by atoms with Crippen LogP contribution in [0.25, 0.3) is 0 Å². The zero-order valence-corrected chi connectivity index (χ0v) is 10.9. The largest absolute Gasteiger partial charge is 0.468 e. The molecule has 0 aliphatic rings. The Morgan fingerprint density at radius 3 is 2.81 bits per heavy atom. The van der Waals surface area contributed by atoms with Crippen LogP contribution in [-0.4, -0.2) is 24.1 Å². The Morgan fingerprint density at radius 2 is 2.38 bits per heavy atom. The van der Waals surface area contributed by atoms with E-state index >= 15 is 0 Å². The zero-order chi connectivity index (χ0) is 12.1. The lowest BCUT2D eigenvalue weighted by Crippen LogP contribution is -2.35. The standard InChI is InChI=1S/C11H18N2O2S/c1-5-7(2)12-9(11(14)15-4)10-13-8(3)6-16-10/h6-7,9,12H,5H2,1-4H3. The highest BCUT2D eigenvalue weighted by Crippen LogP contribution is 2.20. The number of esters is 1. The van der Waals surface area contributed by atoms with Gasteiger partial charge in [0, 0.05) is 17.1 Å². The number of aryl methyl sites for hydroxylation is 1. The van der Waals surface area contributed by atoms with Crippen molar-refractivity contribution in [2.45, 2.75) is 39.3 Å². The molecule has 0 spiro atoms. The van der Waals surface area contributed by atoms with E-state index in [4.69, 9.17) is 4.74 Å². The van der Waals surface area contributed by atoms with Gasteiger partial charge in [-0.2, -0.15) is 0 Å². The van der Waals surface area contributed by atoms with E-state index in [0.29, 0.717) is 0 Å². The fraction of sp³-hybridized carbons (Fsp3) is 0.636. The predicted octanol–water partition coefficient (Wildman–Crippen LogP) is 2.05. The number of thiazole rings is 1. The summed E-state index contributed by atoms with van der Waals surface area (Å²) >= 11 is 1.48. The number of nitrogens with one attached hydrogen (secondary N) is 1. The van der Waals surface area contributed by atoms with Crippen molar-refractivity contribution < 1.29 is 9.53 Å². The lowest BCUT2D eigenvalue weighted by molar-refractivity contribution is -0.143. The van der Waals surface area contributed by atoms with E-state index in [1.165, 1.54) is 18.4 Å². The van der Waals surface area contributed by atoms with Crippen LogP contribution in [0.4, 0.5) is 0 Å². The minimum Gasteiger partial charge on any atom is -0.468 e. The van der Waals surface area contributed by atoms with Crippen molar-refractivity contribution in [3.05, 3.63) is 16.1 Å². The molecule has 2 atom stereocenters. The molecule has 1 aromatic rings. The van der Waals surface area contributed by atoms with Crippen molar-refractivity contribution in [1.82, 2.24) is 10.3 Å². The summed E-state index contributed by atoms with van der Waals surface area (Å²) < 4.78 is 4.79. The monoisotopic (exact) mass is 242 g/mol. The van der Waals surface area contributed by atoms with Crippen LogP contribution in [0.3, 0.4) is 0 Å². The van der Waals surface area contributed by atoms with Gasteiger partial charge in [-0.3, -0.25) is 5.32 Å². The van der Waals surface area contributed by atoms with Gasteiger partial charge in [0.15, 0.2) is 6.04 Å². The Morgan fingerprint density at radius 1 is 1.69 bits per heavy atom. The molecule has 1 aromatic heterocycles. The first-order valence-corrected chi connectivity index (χ1v) is 6.22. The fourth-order valence-corrected chi connectivity index (χ4v) is 2.11. The molecule has 0 radical (unpaired) electrons. The summed E-state index contributed by atoms with van der Waals surface area (Å²) in [6, 6.07) is -0.188. The molecule has 0 aromatic carbocycles. The number of hydrogen-bond donors (Lipinski definition) is 1. The van der Waals surface area contributed by atoms with Crippen LogP contribution in [0, 0.1) is 6.92 Å². The van der Waals surface area contributed by atoms with Crippen LogP contribution in [0.2, 0.25) is 0 Å². The van der Waals surface area contributed by atoms with E-state index in [2.05, 4.69) is 17.2 Å². The number of carbonyl (C=O) groups excluding carboxylic acids is 1. The molecule has 0 bridgehead atoms. The molecule has 0 saturated carbocycles. The molecular formula is C11H18N2O2S. The van der Waals surface area contributed by atoms with Crippen LogP contribution in [-0.2, 0) is 9.53 Å². The van der Waals surface area contributed by atoms with Crippen LogP contribution >= 0.6 is 11.3 Å². The van der Waals surface area contributed by atoms with Gasteiger partial charge in [0.1, 0.15) is 5.01 Å². The number of nitrogens with zero attached hydrogens (tertiary/aromatic N) is 1. The van der Waals surface area contributed by atoms with E-state index in [-0.39, 0.29) is 12.0 Å². The summed E-state index contributed by atoms with van der Waals surface area (Å²) in [6.07, 6.45) is 0.956. The van der Waals surface area contributed by atoms with Gasteiger partial charge in [0.25, 0.3) is 0 Å². The highest BCUT2D eigenvalue weighted by atomic mass is 32.1. The molecule has 5 heteroatoms. The average Bonchev–Trinajstić information content (AvgIpc) is 2.71. The normalized spacial score (nSPS) is 14.5. The molecule has 0 fully saturated rings. The molecular weight excluding hydrogens is 224 g/mol. The second kappa shape index (κ2) is 5.96. The third kappa shape index (κ3) is 3.28. The molecule has 0 saturated heterocycles. The molecule has 4 nitrogen and oxygen atoms in total. The van der Waals surface area contributed by atoms with Crippen molar-refractivity contribution in [3.8, 4) is 0 Å². The molecule has 16 heavy (non-hydrogen) atoms. The van der Waals surface area contributed by atoms with Gasteiger partial charge in [-0.15, -0.1) is 11.3 Å². The van der Waals surface area contributed by atoms with Crippen molar-refractivity contribution in [3.63, 3.8) is 0 Å². The topological polar surface area (TPSA) is 51.2 Å². The van der Waals surface area contributed by atoms with Crippen molar-refractivity contribution in [1.29, 1.82) is 0 Å². The van der Waals surface area contributed by atoms with Crippen LogP contribution in [0.5, 0.6) is 0 Å². The first-order chi connectivity index (χ1) is 7.58. The molecule has 90 valence electrons. The summed E-state index contributed by atoms with van der Waals surface area (Å²) in [5.74, 6) is -0.283. The van der Waals surface area contributed by atoms with Gasteiger partial charge in [0.05, 0.1) is 7.11 Å². The molecule has 0 aliphatic carbocycles. The summed E-state index contributed by atoms with van der Waals surface area (Å²) in [5, 5.41) is 5.92. The molecule has 1 N–H and O–H groups in total. The first-order valence-electron chi connectivity index (χ1n) is 5.34. The minimum absolute atomic E-state index is 0.258. The van der Waals surface area contributed by atoms with Crippen LogP contribution < -0.4 is 5.32 Å². The zero-order valence-electron chi connectivity index (χ0n) is 10.1. The lowest BCUT2D eigenvalue weighted by Gasteiger charge is -2.18. The lowest BCUT2D eigenvalue weighted by atomic mass is 10.2. The van der Waals surface area contributed by atoms with Crippen molar-refractivity contribution in [2.24, 2.45) is 0 Å². The summed E-state index contributed by atoms with van der Waals surface area (Å²) in [7, 11) is 1.40. The summed E-state index contributed by atoms with van der Waals surface area (Å²) in [6.45, 7) is 6.02. The third-order valence-corrected chi connectivity index (χ3v) is 3.41. The SMILES string of the molecule is CCC(C)NC(C(=O)OC)c1nc(C)cs1. The Labute approximate surface area is 100 Å². The highest BCUT2D eigenvalue weighted by Gasteiger charge is 2.25. The van der Waals surface area contributed by atoms with E-state index in [1.807, 2.05) is 19.2 Å². The second-order valence-electron chi connectivity index (χ2n) is 3.76. The molecule has 0 aliphatic heterocycles. The van der Waals surface area contributed by atoms with E-state index in [9.17, 15) is 4.79 Å². The second-order valence-corrected chi connectivity index (χ2v) is 4.65. The average molecular weight is 242 g/mol. The molecule has 0 amide bonds. The Kier molecular flexibility index (Phi) is 4.89. The summed E-state index contributed by atoms with van der Waals surface area (Å²) in [5.41, 5.74) is 0.930. The number of carbonyl (C=O) groups is 1. The molecule has 2 unspecified atom stereocenters. The van der Waals surface area contributed by atoms with Gasteiger partial charge >= 0.3 is 5.97 Å². The first kappa shape index (κ1) is 13.1. The van der Waals surface area contributed by atoms with Crippen molar-refractivity contribution >= 4 is 17.3 Å². The number of ether oxygens (including phenoxy) is 1. The van der Waals surface area contributed by atoms with Gasteiger partial charge < -0.3 is 4.74 Å². The number of rotatable bonds is 5. The third-order valence-electron chi connectivity index (χ3n) is 2.38. The maximum Gasteiger partial charge on any atom is 0.330 e. The maximum absolute atomic E-state index is 11.7. The number of methoxy groups -OCH3 is 1. The van der Waals surface area contributed by atoms with Gasteiger partial charge in [-0.05, 0) is 20.3 Å². The Bertz CT molecular complexity index is 352. The van der Waals surface area contributed by atoms with E-state index < -0.39 is 6.04 Å². The van der Waals surface area contributed by atoms with E-state index in [0.717, 1.165) is 17.1 Å².